The normalized spacial score (nSPS) is 13.2. The maximum absolute atomic E-state index is 9.02. The third kappa shape index (κ3) is 3.41. The molecule has 1 aliphatic rings. The van der Waals surface area contributed by atoms with Crippen molar-refractivity contribution >= 4 is 0 Å². The Labute approximate surface area is 169 Å². The van der Waals surface area contributed by atoms with E-state index >= 15 is 0 Å². The van der Waals surface area contributed by atoms with Gasteiger partial charge < -0.3 is 0 Å². The Morgan fingerprint density at radius 1 is 1.00 bits per heavy atom. The highest BCUT2D eigenvalue weighted by Crippen LogP contribution is 2.39. The van der Waals surface area contributed by atoms with Gasteiger partial charge in [-0.1, -0.05) is 18.2 Å². The number of nitrogens with zero attached hydrogens (tertiary/aromatic N) is 5. The number of nitriles is 1. The molecule has 4 aromatic rings. The molecule has 5 heteroatoms. The highest BCUT2D eigenvalue weighted by molar-refractivity contribution is 5.81. The predicted octanol–water partition coefficient (Wildman–Crippen LogP) is 5.19. The summed E-state index contributed by atoms with van der Waals surface area (Å²) in [6, 6.07) is 20.3. The zero-order chi connectivity index (χ0) is 19.8. The lowest BCUT2D eigenvalue weighted by molar-refractivity contribution is 0.643. The second kappa shape index (κ2) is 6.99. The third-order valence-corrected chi connectivity index (χ3v) is 5.16. The summed E-state index contributed by atoms with van der Waals surface area (Å²) in [5, 5.41) is 13.9. The van der Waals surface area contributed by atoms with Crippen molar-refractivity contribution in [3.63, 3.8) is 0 Å². The fourth-order valence-electron chi connectivity index (χ4n) is 3.46. The number of hydrogen-bond acceptors (Lipinski definition) is 4. The Morgan fingerprint density at radius 3 is 2.55 bits per heavy atom. The summed E-state index contributed by atoms with van der Waals surface area (Å²) in [6.07, 6.45) is 6.31. The van der Waals surface area contributed by atoms with E-state index in [2.05, 4.69) is 28.0 Å². The van der Waals surface area contributed by atoms with E-state index in [0.29, 0.717) is 11.6 Å². The van der Waals surface area contributed by atoms with Crippen LogP contribution in [0.3, 0.4) is 0 Å². The van der Waals surface area contributed by atoms with Gasteiger partial charge in [0.25, 0.3) is 0 Å². The van der Waals surface area contributed by atoms with Crippen molar-refractivity contribution in [3.8, 4) is 39.8 Å². The van der Waals surface area contributed by atoms with Crippen LogP contribution >= 0.6 is 0 Å². The molecule has 3 heterocycles. The molecule has 0 spiro atoms. The van der Waals surface area contributed by atoms with Gasteiger partial charge in [0.1, 0.15) is 5.69 Å². The zero-order valence-corrected chi connectivity index (χ0v) is 16.1. The Bertz CT molecular complexity index is 1230. The van der Waals surface area contributed by atoms with Gasteiger partial charge in [0.05, 0.1) is 29.1 Å². The molecule has 0 bridgehead atoms. The van der Waals surface area contributed by atoms with Gasteiger partial charge in [-0.15, -0.1) is 0 Å². The second-order valence-electron chi connectivity index (χ2n) is 7.39. The van der Waals surface area contributed by atoms with E-state index in [9.17, 15) is 0 Å². The van der Waals surface area contributed by atoms with Crippen LogP contribution < -0.4 is 0 Å². The maximum atomic E-state index is 9.02. The smallest absolute Gasteiger partial charge is 0.119 e. The van der Waals surface area contributed by atoms with Crippen LogP contribution in [-0.4, -0.2) is 19.7 Å². The van der Waals surface area contributed by atoms with E-state index in [4.69, 9.17) is 15.3 Å². The molecule has 0 aliphatic heterocycles. The topological polar surface area (TPSA) is 67.4 Å². The number of aryl methyl sites for hydroxylation is 1. The molecular weight excluding hydrogens is 358 g/mol. The zero-order valence-electron chi connectivity index (χ0n) is 16.1. The largest absolute Gasteiger partial charge is 0.268 e. The van der Waals surface area contributed by atoms with Crippen LogP contribution in [0.1, 0.15) is 30.1 Å². The lowest BCUT2D eigenvalue weighted by Crippen LogP contribution is -1.94. The molecule has 0 N–H and O–H groups in total. The highest BCUT2D eigenvalue weighted by atomic mass is 15.3. The fourth-order valence-corrected chi connectivity index (χ4v) is 3.46. The average Bonchev–Trinajstić information content (AvgIpc) is 3.52. The van der Waals surface area contributed by atoms with Crippen LogP contribution in [0.4, 0.5) is 0 Å². The second-order valence-corrected chi connectivity index (χ2v) is 7.39. The van der Waals surface area contributed by atoms with E-state index in [0.717, 1.165) is 39.5 Å². The molecule has 1 aromatic carbocycles. The summed E-state index contributed by atoms with van der Waals surface area (Å²) >= 11 is 0. The summed E-state index contributed by atoms with van der Waals surface area (Å²) in [6.45, 7) is 2.00. The van der Waals surface area contributed by atoms with E-state index in [1.165, 1.54) is 12.8 Å². The highest BCUT2D eigenvalue weighted by Gasteiger charge is 2.27. The van der Waals surface area contributed by atoms with Gasteiger partial charge in [0.15, 0.2) is 0 Å². The first-order chi connectivity index (χ1) is 14.2. The molecule has 0 saturated heterocycles. The van der Waals surface area contributed by atoms with Crippen molar-refractivity contribution in [3.05, 3.63) is 78.2 Å². The summed E-state index contributed by atoms with van der Waals surface area (Å²) in [5.41, 5.74) is 7.38. The standard InChI is InChI=1S/C24H19N5/c1-16-3-2-4-22(27-16)24-21(15-29(28-24)20-9-10-20)19-11-12-26-23(13-19)18-7-5-17(14-25)6-8-18/h2-8,11-13,15,20H,9-10H2,1H3. The van der Waals surface area contributed by atoms with Gasteiger partial charge in [0, 0.05) is 29.2 Å². The first-order valence-electron chi connectivity index (χ1n) is 9.71. The quantitative estimate of drug-likeness (QED) is 0.491. The van der Waals surface area contributed by atoms with Gasteiger partial charge in [-0.2, -0.15) is 10.4 Å². The summed E-state index contributed by atoms with van der Waals surface area (Å²) in [4.78, 5) is 9.24. The van der Waals surface area contributed by atoms with Crippen molar-refractivity contribution < 1.29 is 0 Å². The number of hydrogen-bond donors (Lipinski definition) is 0. The molecule has 0 unspecified atom stereocenters. The third-order valence-electron chi connectivity index (χ3n) is 5.16. The number of pyridine rings is 2. The lowest BCUT2D eigenvalue weighted by Gasteiger charge is -2.06. The molecular formula is C24H19N5. The van der Waals surface area contributed by atoms with Gasteiger partial charge in [-0.3, -0.25) is 14.6 Å². The molecule has 1 aliphatic carbocycles. The Kier molecular flexibility index (Phi) is 4.18. The molecule has 0 radical (unpaired) electrons. The molecule has 29 heavy (non-hydrogen) atoms. The van der Waals surface area contributed by atoms with Crippen LogP contribution in [0.25, 0.3) is 33.8 Å². The SMILES string of the molecule is Cc1cccc(-c2nn(C3CC3)cc2-c2ccnc(-c3ccc(C#N)cc3)c2)n1. The van der Waals surface area contributed by atoms with E-state index in [1.54, 1.807) is 0 Å². The maximum Gasteiger partial charge on any atom is 0.119 e. The Balaban J connectivity index is 1.61. The molecule has 140 valence electrons. The van der Waals surface area contributed by atoms with Crippen molar-refractivity contribution in [2.24, 2.45) is 0 Å². The minimum Gasteiger partial charge on any atom is -0.268 e. The first kappa shape index (κ1) is 17.3. The minimum atomic E-state index is 0.493. The molecule has 5 rings (SSSR count). The molecule has 0 amide bonds. The summed E-state index contributed by atoms with van der Waals surface area (Å²) < 4.78 is 2.08. The van der Waals surface area contributed by atoms with Crippen LogP contribution in [0.5, 0.6) is 0 Å². The summed E-state index contributed by atoms with van der Waals surface area (Å²) in [5.74, 6) is 0. The molecule has 1 fully saturated rings. The monoisotopic (exact) mass is 377 g/mol. The minimum absolute atomic E-state index is 0.493. The molecule has 1 saturated carbocycles. The van der Waals surface area contributed by atoms with E-state index in [1.807, 2.05) is 61.7 Å². The number of benzene rings is 1. The van der Waals surface area contributed by atoms with Gasteiger partial charge in [-0.25, -0.2) is 0 Å². The van der Waals surface area contributed by atoms with Crippen LogP contribution in [0.15, 0.2) is 67.0 Å². The van der Waals surface area contributed by atoms with Crippen molar-refractivity contribution in [1.29, 1.82) is 5.26 Å². The van der Waals surface area contributed by atoms with Gasteiger partial charge in [-0.05, 0) is 61.7 Å². The summed E-state index contributed by atoms with van der Waals surface area (Å²) in [7, 11) is 0. The Morgan fingerprint density at radius 2 is 1.83 bits per heavy atom. The number of aromatic nitrogens is 4. The first-order valence-corrected chi connectivity index (χ1v) is 9.71. The lowest BCUT2D eigenvalue weighted by atomic mass is 10.0. The molecule has 5 nitrogen and oxygen atoms in total. The predicted molar refractivity (Wildman–Crippen MR) is 112 cm³/mol. The van der Waals surface area contributed by atoms with Crippen LogP contribution in [0.2, 0.25) is 0 Å². The van der Waals surface area contributed by atoms with Gasteiger partial charge in [0.2, 0.25) is 0 Å². The Hall–Kier alpha value is -3.78. The number of rotatable bonds is 4. The van der Waals surface area contributed by atoms with Crippen LogP contribution in [-0.2, 0) is 0 Å². The molecule has 3 aromatic heterocycles. The van der Waals surface area contributed by atoms with Crippen molar-refractivity contribution in [2.75, 3.05) is 0 Å². The van der Waals surface area contributed by atoms with E-state index < -0.39 is 0 Å². The van der Waals surface area contributed by atoms with Crippen LogP contribution in [0, 0.1) is 18.3 Å². The fraction of sp³-hybridized carbons (Fsp3) is 0.167. The van der Waals surface area contributed by atoms with Crippen molar-refractivity contribution in [1.82, 2.24) is 19.7 Å². The molecule has 0 atom stereocenters. The average molecular weight is 377 g/mol. The van der Waals surface area contributed by atoms with Crippen molar-refractivity contribution in [2.45, 2.75) is 25.8 Å². The van der Waals surface area contributed by atoms with Gasteiger partial charge >= 0.3 is 0 Å². The van der Waals surface area contributed by atoms with E-state index in [-0.39, 0.29) is 0 Å².